The first-order valence-corrected chi connectivity index (χ1v) is 8.14. The van der Waals surface area contributed by atoms with Gasteiger partial charge in [0, 0.05) is 30.7 Å². The Morgan fingerprint density at radius 3 is 2.46 bits per heavy atom. The van der Waals surface area contributed by atoms with E-state index in [2.05, 4.69) is 41.5 Å². The van der Waals surface area contributed by atoms with Crippen molar-refractivity contribution >= 4 is 35.6 Å². The Morgan fingerprint density at radius 2 is 1.83 bits per heavy atom. The summed E-state index contributed by atoms with van der Waals surface area (Å²) in [6.07, 6.45) is 5.50. The first-order chi connectivity index (χ1) is 11.1. The summed E-state index contributed by atoms with van der Waals surface area (Å²) in [5.41, 5.74) is 3.44. The van der Waals surface area contributed by atoms with Gasteiger partial charge in [-0.1, -0.05) is 41.4 Å². The van der Waals surface area contributed by atoms with Crippen molar-refractivity contribution in [1.29, 1.82) is 0 Å². The Hall–Kier alpha value is -1.52. The van der Waals surface area contributed by atoms with Crippen LogP contribution < -0.4 is 5.32 Å². The average Bonchev–Trinajstić information content (AvgIpc) is 3.10. The second-order valence-electron chi connectivity index (χ2n) is 5.41. The molecule has 24 heavy (non-hydrogen) atoms. The standard InChI is InChI=1S/C18H17Cl2N3.ClH/c1-13(22-11-14-2-7-17(19)18(20)10-14)15-3-5-16(6-4-15)23-9-8-21-12-23;/h2-10,12-13,22H,11H2,1H3;1H. The number of hydrogen-bond donors (Lipinski definition) is 1. The van der Waals surface area contributed by atoms with Gasteiger partial charge in [0.15, 0.2) is 0 Å². The third kappa shape index (κ3) is 4.52. The van der Waals surface area contributed by atoms with Crippen molar-refractivity contribution in [1.82, 2.24) is 14.9 Å². The lowest BCUT2D eigenvalue weighted by atomic mass is 10.1. The van der Waals surface area contributed by atoms with Gasteiger partial charge in [-0.05, 0) is 42.3 Å². The van der Waals surface area contributed by atoms with Crippen LogP contribution in [0.5, 0.6) is 0 Å². The Labute approximate surface area is 158 Å². The smallest absolute Gasteiger partial charge is 0.0991 e. The largest absolute Gasteiger partial charge is 0.306 e. The maximum absolute atomic E-state index is 6.05. The van der Waals surface area contributed by atoms with Crippen LogP contribution in [0.2, 0.25) is 10.0 Å². The molecule has 0 saturated carbocycles. The van der Waals surface area contributed by atoms with E-state index in [-0.39, 0.29) is 18.4 Å². The molecule has 1 unspecified atom stereocenters. The zero-order chi connectivity index (χ0) is 16.2. The monoisotopic (exact) mass is 381 g/mol. The molecule has 0 aliphatic heterocycles. The van der Waals surface area contributed by atoms with Gasteiger partial charge in [0.05, 0.1) is 16.4 Å². The Morgan fingerprint density at radius 1 is 1.08 bits per heavy atom. The molecule has 0 amide bonds. The number of nitrogens with zero attached hydrogens (tertiary/aromatic N) is 2. The molecule has 0 bridgehead atoms. The highest BCUT2D eigenvalue weighted by Gasteiger charge is 2.06. The van der Waals surface area contributed by atoms with Crippen molar-refractivity contribution < 1.29 is 0 Å². The van der Waals surface area contributed by atoms with Crippen molar-refractivity contribution in [3.63, 3.8) is 0 Å². The van der Waals surface area contributed by atoms with Gasteiger partial charge in [-0.2, -0.15) is 0 Å². The number of aromatic nitrogens is 2. The Balaban J connectivity index is 0.00000208. The highest BCUT2D eigenvalue weighted by Crippen LogP contribution is 2.23. The van der Waals surface area contributed by atoms with E-state index >= 15 is 0 Å². The minimum Gasteiger partial charge on any atom is -0.306 e. The number of nitrogens with one attached hydrogen (secondary N) is 1. The molecule has 1 aromatic heterocycles. The first kappa shape index (κ1) is 18.8. The number of imidazole rings is 1. The molecule has 0 fully saturated rings. The van der Waals surface area contributed by atoms with E-state index in [1.165, 1.54) is 5.56 Å². The lowest BCUT2D eigenvalue weighted by Crippen LogP contribution is -2.18. The Kier molecular flexibility index (Phi) is 6.69. The third-order valence-electron chi connectivity index (χ3n) is 3.79. The summed E-state index contributed by atoms with van der Waals surface area (Å²) >= 11 is 12.0. The van der Waals surface area contributed by atoms with E-state index in [0.29, 0.717) is 10.0 Å². The molecule has 1 N–H and O–H groups in total. The van der Waals surface area contributed by atoms with Crippen molar-refractivity contribution in [2.24, 2.45) is 0 Å². The molecule has 0 saturated heterocycles. The molecule has 1 atom stereocenters. The molecule has 6 heteroatoms. The van der Waals surface area contributed by atoms with Crippen LogP contribution in [0.4, 0.5) is 0 Å². The summed E-state index contributed by atoms with van der Waals surface area (Å²) in [4.78, 5) is 4.06. The fraction of sp³-hybridized carbons (Fsp3) is 0.167. The second kappa shape index (κ2) is 8.54. The van der Waals surface area contributed by atoms with Gasteiger partial charge in [0.1, 0.15) is 0 Å². The fourth-order valence-corrected chi connectivity index (χ4v) is 2.71. The quantitative estimate of drug-likeness (QED) is 0.635. The molecule has 1 heterocycles. The molecule has 3 rings (SSSR count). The van der Waals surface area contributed by atoms with E-state index < -0.39 is 0 Å². The molecule has 0 spiro atoms. The molecule has 0 aliphatic carbocycles. The molecule has 3 nitrogen and oxygen atoms in total. The summed E-state index contributed by atoms with van der Waals surface area (Å²) in [7, 11) is 0. The van der Waals surface area contributed by atoms with Crippen LogP contribution in [0, 0.1) is 0 Å². The topological polar surface area (TPSA) is 29.9 Å². The molecule has 2 aromatic carbocycles. The van der Waals surface area contributed by atoms with Crippen molar-refractivity contribution in [2.45, 2.75) is 19.5 Å². The van der Waals surface area contributed by atoms with Crippen LogP contribution in [0.15, 0.2) is 61.2 Å². The predicted molar refractivity (Wildman–Crippen MR) is 103 cm³/mol. The highest BCUT2D eigenvalue weighted by atomic mass is 35.5. The van der Waals surface area contributed by atoms with Gasteiger partial charge in [-0.25, -0.2) is 4.98 Å². The van der Waals surface area contributed by atoms with Crippen LogP contribution in [0.25, 0.3) is 5.69 Å². The summed E-state index contributed by atoms with van der Waals surface area (Å²) in [6.45, 7) is 2.88. The van der Waals surface area contributed by atoms with Crippen LogP contribution in [-0.4, -0.2) is 9.55 Å². The Bertz CT molecular complexity index is 771. The van der Waals surface area contributed by atoms with Gasteiger partial charge < -0.3 is 9.88 Å². The van der Waals surface area contributed by atoms with Crippen LogP contribution >= 0.6 is 35.6 Å². The maximum atomic E-state index is 6.05. The summed E-state index contributed by atoms with van der Waals surface area (Å²) in [6, 6.07) is 14.4. The number of rotatable bonds is 5. The number of halogens is 3. The second-order valence-corrected chi connectivity index (χ2v) is 6.23. The van der Waals surface area contributed by atoms with Crippen molar-refractivity contribution in [3.8, 4) is 5.69 Å². The van der Waals surface area contributed by atoms with Crippen molar-refractivity contribution in [2.75, 3.05) is 0 Å². The van der Waals surface area contributed by atoms with Gasteiger partial charge in [0.25, 0.3) is 0 Å². The average molecular weight is 383 g/mol. The molecule has 0 aliphatic rings. The van der Waals surface area contributed by atoms with Crippen LogP contribution in [0.1, 0.15) is 24.1 Å². The number of hydrogen-bond acceptors (Lipinski definition) is 2. The maximum Gasteiger partial charge on any atom is 0.0991 e. The normalized spacial score (nSPS) is 11.8. The van der Waals surface area contributed by atoms with Gasteiger partial charge in [-0.3, -0.25) is 0 Å². The lowest BCUT2D eigenvalue weighted by Gasteiger charge is -2.15. The van der Waals surface area contributed by atoms with E-state index in [4.69, 9.17) is 23.2 Å². The van der Waals surface area contributed by atoms with Gasteiger partial charge in [0.2, 0.25) is 0 Å². The predicted octanol–water partition coefficient (Wildman–Crippen LogP) is 5.45. The lowest BCUT2D eigenvalue weighted by molar-refractivity contribution is 0.574. The summed E-state index contributed by atoms with van der Waals surface area (Å²) < 4.78 is 1.98. The van der Waals surface area contributed by atoms with Crippen LogP contribution in [0.3, 0.4) is 0 Å². The molecule has 3 aromatic rings. The SMILES string of the molecule is CC(NCc1ccc(Cl)c(Cl)c1)c1ccc(-n2ccnc2)cc1.Cl. The third-order valence-corrected chi connectivity index (χ3v) is 4.53. The van der Waals surface area contributed by atoms with Crippen molar-refractivity contribution in [3.05, 3.63) is 82.4 Å². The summed E-state index contributed by atoms with van der Waals surface area (Å²) in [5.74, 6) is 0. The first-order valence-electron chi connectivity index (χ1n) is 7.39. The zero-order valence-electron chi connectivity index (χ0n) is 13.1. The minimum atomic E-state index is 0. The fourth-order valence-electron chi connectivity index (χ4n) is 2.39. The summed E-state index contributed by atoms with van der Waals surface area (Å²) in [5, 5.41) is 4.66. The molecule has 126 valence electrons. The van der Waals surface area contributed by atoms with Crippen LogP contribution in [-0.2, 0) is 6.54 Å². The molecular weight excluding hydrogens is 365 g/mol. The van der Waals surface area contributed by atoms with Gasteiger partial charge >= 0.3 is 0 Å². The molecule has 0 radical (unpaired) electrons. The van der Waals surface area contributed by atoms with E-state index in [0.717, 1.165) is 17.8 Å². The van der Waals surface area contributed by atoms with E-state index in [9.17, 15) is 0 Å². The number of benzene rings is 2. The molecular formula is C18H18Cl3N3. The van der Waals surface area contributed by atoms with Gasteiger partial charge in [-0.15, -0.1) is 12.4 Å². The minimum absolute atomic E-state index is 0. The highest BCUT2D eigenvalue weighted by molar-refractivity contribution is 6.42. The van der Waals surface area contributed by atoms with E-state index in [1.54, 1.807) is 12.5 Å². The van der Waals surface area contributed by atoms with E-state index in [1.807, 2.05) is 29.0 Å². The zero-order valence-corrected chi connectivity index (χ0v) is 15.4.